The van der Waals surface area contributed by atoms with E-state index < -0.39 is 5.92 Å². The van der Waals surface area contributed by atoms with Gasteiger partial charge in [0, 0.05) is 12.1 Å². The van der Waals surface area contributed by atoms with Crippen LogP contribution in [0, 0.1) is 5.82 Å². The summed E-state index contributed by atoms with van der Waals surface area (Å²) in [5, 5.41) is 2.63. The number of alkyl halides is 2. The Labute approximate surface area is 79.9 Å². The fourth-order valence-corrected chi connectivity index (χ4v) is 1.57. The second-order valence-electron chi connectivity index (χ2n) is 3.51. The minimum atomic E-state index is -2.70. The predicted molar refractivity (Wildman–Crippen MR) is 48.2 cm³/mol. The van der Waals surface area contributed by atoms with Crippen molar-refractivity contribution in [2.75, 3.05) is 11.9 Å². The van der Waals surface area contributed by atoms with E-state index in [1.165, 1.54) is 18.2 Å². The monoisotopic (exact) mass is 201 g/mol. The second-order valence-corrected chi connectivity index (χ2v) is 3.51. The van der Waals surface area contributed by atoms with Crippen LogP contribution in [-0.4, -0.2) is 12.5 Å². The summed E-state index contributed by atoms with van der Waals surface area (Å²) in [5.74, 6) is -3.08. The number of hydrogen-bond acceptors (Lipinski definition) is 1. The van der Waals surface area contributed by atoms with Gasteiger partial charge in [0.05, 0.1) is 6.54 Å². The summed E-state index contributed by atoms with van der Waals surface area (Å²) in [6, 6.07) is 4.09. The van der Waals surface area contributed by atoms with Crippen molar-refractivity contribution in [1.29, 1.82) is 0 Å². The number of nitrogens with one attached hydrogen (secondary N) is 1. The molecule has 1 aliphatic rings. The van der Waals surface area contributed by atoms with Crippen molar-refractivity contribution in [2.24, 2.45) is 0 Å². The smallest absolute Gasteiger partial charge is 0.265 e. The quantitative estimate of drug-likeness (QED) is 0.680. The third kappa shape index (κ3) is 1.84. The summed E-state index contributed by atoms with van der Waals surface area (Å²) >= 11 is 0. The van der Waals surface area contributed by atoms with Crippen molar-refractivity contribution in [2.45, 2.75) is 18.8 Å². The summed E-state index contributed by atoms with van der Waals surface area (Å²) < 4.78 is 38.8. The van der Waals surface area contributed by atoms with Gasteiger partial charge in [0.1, 0.15) is 5.82 Å². The van der Waals surface area contributed by atoms with Gasteiger partial charge in [-0.05, 0) is 30.2 Å². The van der Waals surface area contributed by atoms with Gasteiger partial charge in [0.15, 0.2) is 0 Å². The summed E-state index contributed by atoms with van der Waals surface area (Å²) in [4.78, 5) is 0. The van der Waals surface area contributed by atoms with Crippen LogP contribution in [0.4, 0.5) is 18.9 Å². The van der Waals surface area contributed by atoms with Crippen molar-refractivity contribution in [3.05, 3.63) is 29.6 Å². The lowest BCUT2D eigenvalue weighted by molar-refractivity contribution is 0.00841. The molecule has 0 atom stereocenters. The van der Waals surface area contributed by atoms with Gasteiger partial charge < -0.3 is 5.32 Å². The first kappa shape index (κ1) is 9.37. The number of rotatable bonds is 0. The number of aryl methyl sites for hydroxylation is 1. The van der Waals surface area contributed by atoms with Gasteiger partial charge in [0.2, 0.25) is 0 Å². The van der Waals surface area contributed by atoms with Gasteiger partial charge in [-0.3, -0.25) is 0 Å². The van der Waals surface area contributed by atoms with Crippen molar-refractivity contribution in [3.8, 4) is 0 Å². The van der Waals surface area contributed by atoms with Crippen LogP contribution >= 0.6 is 0 Å². The first-order chi connectivity index (χ1) is 6.57. The molecule has 1 heterocycles. The van der Waals surface area contributed by atoms with E-state index in [0.717, 1.165) is 0 Å². The Balaban J connectivity index is 2.30. The molecule has 1 aliphatic heterocycles. The van der Waals surface area contributed by atoms with E-state index in [0.29, 0.717) is 11.3 Å². The summed E-state index contributed by atoms with van der Waals surface area (Å²) in [6.45, 7) is -0.369. The van der Waals surface area contributed by atoms with Crippen LogP contribution in [0.15, 0.2) is 18.2 Å². The molecule has 2 rings (SSSR count). The minimum absolute atomic E-state index is 0.215. The van der Waals surface area contributed by atoms with E-state index in [-0.39, 0.29) is 25.2 Å². The molecular formula is C10H10F3N. The van der Waals surface area contributed by atoms with Crippen LogP contribution in [0.2, 0.25) is 0 Å². The van der Waals surface area contributed by atoms with Gasteiger partial charge in [-0.15, -0.1) is 0 Å². The van der Waals surface area contributed by atoms with E-state index in [1.54, 1.807) is 0 Å². The predicted octanol–water partition coefficient (Wildman–Crippen LogP) is 2.82. The third-order valence-corrected chi connectivity index (χ3v) is 2.36. The van der Waals surface area contributed by atoms with Crippen molar-refractivity contribution >= 4 is 5.69 Å². The first-order valence-corrected chi connectivity index (χ1v) is 4.47. The van der Waals surface area contributed by atoms with Crippen molar-refractivity contribution in [3.63, 3.8) is 0 Å². The van der Waals surface area contributed by atoms with E-state index >= 15 is 0 Å². The SMILES string of the molecule is Fc1ccc2c(c1)CCC(F)(F)CN2. The molecule has 0 fully saturated rings. The highest BCUT2D eigenvalue weighted by Crippen LogP contribution is 2.29. The molecule has 76 valence electrons. The highest BCUT2D eigenvalue weighted by molar-refractivity contribution is 5.52. The maximum atomic E-state index is 13.0. The van der Waals surface area contributed by atoms with Gasteiger partial charge in [-0.1, -0.05) is 0 Å². The van der Waals surface area contributed by atoms with Gasteiger partial charge in [0.25, 0.3) is 5.92 Å². The molecule has 1 aromatic carbocycles. The number of anilines is 1. The fourth-order valence-electron chi connectivity index (χ4n) is 1.57. The van der Waals surface area contributed by atoms with Crippen LogP contribution < -0.4 is 5.32 Å². The Kier molecular flexibility index (Phi) is 2.13. The van der Waals surface area contributed by atoms with Crippen molar-refractivity contribution < 1.29 is 13.2 Å². The van der Waals surface area contributed by atoms with E-state index in [9.17, 15) is 13.2 Å². The van der Waals surface area contributed by atoms with Gasteiger partial charge >= 0.3 is 0 Å². The van der Waals surface area contributed by atoms with Gasteiger partial charge in [-0.25, -0.2) is 13.2 Å². The summed E-state index contributed by atoms with van der Waals surface area (Å²) in [5.41, 5.74) is 1.24. The normalized spacial score (nSPS) is 19.4. The standard InChI is InChI=1S/C10H10F3N/c11-8-1-2-9-7(5-8)3-4-10(12,13)6-14-9/h1-2,5,14H,3-4,6H2. The van der Waals surface area contributed by atoms with Crippen LogP contribution in [0.3, 0.4) is 0 Å². The maximum Gasteiger partial charge on any atom is 0.265 e. The molecule has 0 aliphatic carbocycles. The van der Waals surface area contributed by atoms with Crippen LogP contribution in [0.25, 0.3) is 0 Å². The zero-order valence-electron chi connectivity index (χ0n) is 7.49. The van der Waals surface area contributed by atoms with Crippen molar-refractivity contribution in [1.82, 2.24) is 0 Å². The third-order valence-electron chi connectivity index (χ3n) is 2.36. The Bertz CT molecular complexity index is 349. The van der Waals surface area contributed by atoms with E-state index in [1.807, 2.05) is 0 Å². The average Bonchev–Trinajstić information content (AvgIpc) is 2.26. The number of hydrogen-bond donors (Lipinski definition) is 1. The Morgan fingerprint density at radius 2 is 2.07 bits per heavy atom. The van der Waals surface area contributed by atoms with Crippen LogP contribution in [-0.2, 0) is 6.42 Å². The summed E-state index contributed by atoms with van der Waals surface area (Å²) in [7, 11) is 0. The number of fused-ring (bicyclic) bond motifs is 1. The molecule has 0 bridgehead atoms. The average molecular weight is 201 g/mol. The van der Waals surface area contributed by atoms with Crippen LogP contribution in [0.1, 0.15) is 12.0 Å². The van der Waals surface area contributed by atoms with E-state index in [2.05, 4.69) is 5.32 Å². The minimum Gasteiger partial charge on any atom is -0.379 e. The topological polar surface area (TPSA) is 12.0 Å². The number of benzene rings is 1. The maximum absolute atomic E-state index is 13.0. The lowest BCUT2D eigenvalue weighted by atomic mass is 10.1. The highest BCUT2D eigenvalue weighted by atomic mass is 19.3. The largest absolute Gasteiger partial charge is 0.379 e. The summed E-state index contributed by atoms with van der Waals surface area (Å²) in [6.07, 6.45) is -0.0104. The Hall–Kier alpha value is -1.19. The molecule has 1 N–H and O–H groups in total. The molecule has 1 aromatic rings. The van der Waals surface area contributed by atoms with Gasteiger partial charge in [-0.2, -0.15) is 0 Å². The zero-order valence-corrected chi connectivity index (χ0v) is 7.49. The lowest BCUT2D eigenvalue weighted by Crippen LogP contribution is -2.25. The molecule has 0 saturated carbocycles. The lowest BCUT2D eigenvalue weighted by Gasteiger charge is -2.12. The fraction of sp³-hybridized carbons (Fsp3) is 0.400. The first-order valence-electron chi connectivity index (χ1n) is 4.47. The molecular weight excluding hydrogens is 191 g/mol. The van der Waals surface area contributed by atoms with Crippen LogP contribution in [0.5, 0.6) is 0 Å². The highest BCUT2D eigenvalue weighted by Gasteiger charge is 2.31. The Morgan fingerprint density at radius 1 is 1.29 bits per heavy atom. The molecule has 0 aromatic heterocycles. The molecule has 0 radical (unpaired) electrons. The molecule has 0 unspecified atom stereocenters. The molecule has 1 nitrogen and oxygen atoms in total. The molecule has 0 spiro atoms. The molecule has 14 heavy (non-hydrogen) atoms. The molecule has 4 heteroatoms. The van der Waals surface area contributed by atoms with E-state index in [4.69, 9.17) is 0 Å². The number of halogens is 3. The second kappa shape index (κ2) is 3.19. The zero-order chi connectivity index (χ0) is 10.2. The molecule has 0 saturated heterocycles. The molecule has 0 amide bonds. The Morgan fingerprint density at radius 3 is 2.86 bits per heavy atom.